The summed E-state index contributed by atoms with van der Waals surface area (Å²) in [5, 5.41) is 10.6. The van der Waals surface area contributed by atoms with Crippen LogP contribution < -0.4 is 0 Å². The molecule has 2 rings (SSSR count). The summed E-state index contributed by atoms with van der Waals surface area (Å²) in [4.78, 5) is 24.7. The van der Waals surface area contributed by atoms with Crippen molar-refractivity contribution in [3.63, 3.8) is 0 Å². The molecule has 5 nitrogen and oxygen atoms in total. The van der Waals surface area contributed by atoms with Crippen LogP contribution in [0.25, 0.3) is 0 Å². The summed E-state index contributed by atoms with van der Waals surface area (Å²) in [5.41, 5.74) is 0. The van der Waals surface area contributed by atoms with Crippen LogP contribution in [0.1, 0.15) is 28.9 Å². The first-order chi connectivity index (χ1) is 9.11. The summed E-state index contributed by atoms with van der Waals surface area (Å²) in [6.45, 7) is 1.43. The largest absolute Gasteiger partial charge is 0.338 e. The zero-order valence-electron chi connectivity index (χ0n) is 10.4. The third kappa shape index (κ3) is 3.45. The van der Waals surface area contributed by atoms with Crippen molar-refractivity contribution in [3.8, 4) is 0 Å². The molecule has 2 heterocycles. The summed E-state index contributed by atoms with van der Waals surface area (Å²) >= 11 is 6.68. The van der Waals surface area contributed by atoms with Gasteiger partial charge in [0.15, 0.2) is 0 Å². The second-order valence-corrected chi connectivity index (χ2v) is 6.07. The number of rotatable bonds is 4. The minimum atomic E-state index is -0.464. The van der Waals surface area contributed by atoms with Crippen molar-refractivity contribution in [2.45, 2.75) is 19.3 Å². The van der Waals surface area contributed by atoms with Gasteiger partial charge in [-0.2, -0.15) is 0 Å². The summed E-state index contributed by atoms with van der Waals surface area (Å²) in [7, 11) is 0. The van der Waals surface area contributed by atoms with E-state index in [0.29, 0.717) is 23.2 Å². The lowest BCUT2D eigenvalue weighted by Crippen LogP contribution is -2.39. The van der Waals surface area contributed by atoms with E-state index in [9.17, 15) is 14.9 Å². The predicted octanol–water partition coefficient (Wildman–Crippen LogP) is 3.14. The third-order valence-electron chi connectivity index (χ3n) is 3.31. The first kappa shape index (κ1) is 14.3. The fraction of sp³-hybridized carbons (Fsp3) is 0.583. The second kappa shape index (κ2) is 6.34. The van der Waals surface area contributed by atoms with Gasteiger partial charge in [-0.25, -0.2) is 0 Å². The average molecular weight is 303 g/mol. The highest BCUT2D eigenvalue weighted by Gasteiger charge is 2.26. The van der Waals surface area contributed by atoms with Gasteiger partial charge in [0.25, 0.3) is 5.91 Å². The first-order valence-electron chi connectivity index (χ1n) is 6.21. The minimum Gasteiger partial charge on any atom is -0.338 e. The van der Waals surface area contributed by atoms with E-state index in [1.807, 2.05) is 0 Å². The van der Waals surface area contributed by atoms with Crippen molar-refractivity contribution < 1.29 is 9.72 Å². The molecule has 0 saturated carbocycles. The Morgan fingerprint density at radius 1 is 1.58 bits per heavy atom. The normalized spacial score (nSPS) is 19.4. The SMILES string of the molecule is O=C(c1ccc([N+](=O)[O-])s1)N1CCCC(CCCl)C1. The fourth-order valence-electron chi connectivity index (χ4n) is 2.34. The molecule has 1 aromatic heterocycles. The van der Waals surface area contributed by atoms with Crippen molar-refractivity contribution in [1.82, 2.24) is 4.90 Å². The Balaban J connectivity index is 2.03. The van der Waals surface area contributed by atoms with Gasteiger partial charge in [-0.05, 0) is 31.2 Å². The minimum absolute atomic E-state index is 0.0117. The summed E-state index contributed by atoms with van der Waals surface area (Å²) < 4.78 is 0. The van der Waals surface area contributed by atoms with E-state index in [4.69, 9.17) is 11.6 Å². The van der Waals surface area contributed by atoms with E-state index < -0.39 is 4.92 Å². The number of nitro groups is 1. The number of amides is 1. The molecular formula is C12H15ClN2O3S. The lowest BCUT2D eigenvalue weighted by atomic mass is 9.95. The standard InChI is InChI=1S/C12H15ClN2O3S/c13-6-5-9-2-1-7-14(8-9)12(16)10-3-4-11(19-10)15(17)18/h3-4,9H,1-2,5-8H2. The molecule has 1 fully saturated rings. The summed E-state index contributed by atoms with van der Waals surface area (Å²) in [6.07, 6.45) is 2.98. The lowest BCUT2D eigenvalue weighted by Gasteiger charge is -2.32. The quantitative estimate of drug-likeness (QED) is 0.487. The molecule has 0 aliphatic carbocycles. The van der Waals surface area contributed by atoms with E-state index in [0.717, 1.165) is 37.1 Å². The van der Waals surface area contributed by atoms with Gasteiger partial charge < -0.3 is 4.90 Å². The number of hydrogen-bond acceptors (Lipinski definition) is 4. The maximum Gasteiger partial charge on any atom is 0.324 e. The molecule has 1 amide bonds. The molecular weight excluding hydrogens is 288 g/mol. The number of halogens is 1. The van der Waals surface area contributed by atoms with Crippen molar-refractivity contribution >= 4 is 33.8 Å². The maximum atomic E-state index is 12.3. The first-order valence-corrected chi connectivity index (χ1v) is 7.56. The molecule has 7 heteroatoms. The Bertz CT molecular complexity index is 475. The molecule has 1 aromatic rings. The Hall–Kier alpha value is -1.14. The van der Waals surface area contributed by atoms with Crippen molar-refractivity contribution in [2.24, 2.45) is 5.92 Å². The van der Waals surface area contributed by atoms with Gasteiger partial charge in [0.2, 0.25) is 0 Å². The molecule has 1 atom stereocenters. The smallest absolute Gasteiger partial charge is 0.324 e. The molecule has 1 unspecified atom stereocenters. The van der Waals surface area contributed by atoms with E-state index in [1.54, 1.807) is 4.90 Å². The highest BCUT2D eigenvalue weighted by Crippen LogP contribution is 2.27. The molecule has 0 spiro atoms. The Morgan fingerprint density at radius 3 is 3.00 bits per heavy atom. The maximum absolute atomic E-state index is 12.3. The molecule has 0 bridgehead atoms. The van der Waals surface area contributed by atoms with Crippen LogP contribution >= 0.6 is 22.9 Å². The van der Waals surface area contributed by atoms with Crippen molar-refractivity contribution in [2.75, 3.05) is 19.0 Å². The zero-order chi connectivity index (χ0) is 13.8. The van der Waals surface area contributed by atoms with Crippen molar-refractivity contribution in [1.29, 1.82) is 0 Å². The highest BCUT2D eigenvalue weighted by molar-refractivity contribution is 7.17. The average Bonchev–Trinajstić information content (AvgIpc) is 2.88. The third-order valence-corrected chi connectivity index (χ3v) is 4.55. The predicted molar refractivity (Wildman–Crippen MR) is 74.9 cm³/mol. The molecule has 1 aliphatic heterocycles. The highest BCUT2D eigenvalue weighted by atomic mass is 35.5. The van der Waals surface area contributed by atoms with Crippen LogP contribution in [-0.2, 0) is 0 Å². The van der Waals surface area contributed by atoms with Crippen LogP contribution in [-0.4, -0.2) is 34.7 Å². The van der Waals surface area contributed by atoms with Crippen LogP contribution in [0, 0.1) is 16.0 Å². The summed E-state index contributed by atoms with van der Waals surface area (Å²) in [6, 6.07) is 2.92. The number of thiophene rings is 1. The van der Waals surface area contributed by atoms with E-state index in [2.05, 4.69) is 0 Å². The van der Waals surface area contributed by atoms with Crippen molar-refractivity contribution in [3.05, 3.63) is 27.1 Å². The molecule has 104 valence electrons. The Labute approximate surface area is 120 Å². The van der Waals surface area contributed by atoms with Crippen LogP contribution in [0.2, 0.25) is 0 Å². The fourth-order valence-corrected chi connectivity index (χ4v) is 3.43. The van der Waals surface area contributed by atoms with Gasteiger partial charge in [-0.15, -0.1) is 11.6 Å². The Kier molecular flexibility index (Phi) is 4.76. The van der Waals surface area contributed by atoms with Gasteiger partial charge in [0.1, 0.15) is 0 Å². The molecule has 0 aromatic carbocycles. The number of alkyl halides is 1. The van der Waals surface area contributed by atoms with Gasteiger partial charge in [-0.3, -0.25) is 14.9 Å². The van der Waals surface area contributed by atoms with Crippen LogP contribution in [0.4, 0.5) is 5.00 Å². The molecule has 0 radical (unpaired) electrons. The van der Waals surface area contributed by atoms with Gasteiger partial charge in [0, 0.05) is 25.0 Å². The number of hydrogen-bond donors (Lipinski definition) is 0. The zero-order valence-corrected chi connectivity index (χ0v) is 12.0. The van der Waals surface area contributed by atoms with E-state index in [-0.39, 0.29) is 10.9 Å². The number of carbonyl (C=O) groups excluding carboxylic acids is 1. The second-order valence-electron chi connectivity index (χ2n) is 4.63. The van der Waals surface area contributed by atoms with Crippen LogP contribution in [0.3, 0.4) is 0 Å². The van der Waals surface area contributed by atoms with E-state index >= 15 is 0 Å². The molecule has 19 heavy (non-hydrogen) atoms. The lowest BCUT2D eigenvalue weighted by molar-refractivity contribution is -0.380. The van der Waals surface area contributed by atoms with Crippen LogP contribution in [0.5, 0.6) is 0 Å². The summed E-state index contributed by atoms with van der Waals surface area (Å²) in [5.74, 6) is 0.958. The van der Waals surface area contributed by atoms with Crippen LogP contribution in [0.15, 0.2) is 12.1 Å². The van der Waals surface area contributed by atoms with Gasteiger partial charge in [0.05, 0.1) is 9.80 Å². The molecule has 1 saturated heterocycles. The monoisotopic (exact) mass is 302 g/mol. The number of likely N-dealkylation sites (tertiary alicyclic amines) is 1. The van der Waals surface area contributed by atoms with E-state index in [1.165, 1.54) is 12.1 Å². The van der Waals surface area contributed by atoms with Gasteiger partial charge >= 0.3 is 5.00 Å². The van der Waals surface area contributed by atoms with Gasteiger partial charge in [-0.1, -0.05) is 11.3 Å². The molecule has 1 aliphatic rings. The Morgan fingerprint density at radius 2 is 2.37 bits per heavy atom. The number of nitrogens with zero attached hydrogens (tertiary/aromatic N) is 2. The molecule has 0 N–H and O–H groups in total. The number of carbonyl (C=O) groups is 1. The topological polar surface area (TPSA) is 63.4 Å². The number of piperidine rings is 1.